The first kappa shape index (κ1) is 9.71. The Morgan fingerprint density at radius 3 is 3.14 bits per heavy atom. The summed E-state index contributed by atoms with van der Waals surface area (Å²) in [5, 5.41) is 0.654. The lowest BCUT2D eigenvalue weighted by molar-refractivity contribution is 0.444. The minimum atomic E-state index is 0.654. The highest BCUT2D eigenvalue weighted by Gasteiger charge is 2.19. The van der Waals surface area contributed by atoms with E-state index in [1.165, 1.54) is 12.8 Å². The minimum Gasteiger partial charge on any atom is -0.355 e. The number of piperidine rings is 1. The third-order valence-corrected chi connectivity index (χ3v) is 2.87. The van der Waals surface area contributed by atoms with Crippen molar-refractivity contribution in [2.75, 3.05) is 18.0 Å². The van der Waals surface area contributed by atoms with E-state index in [4.69, 9.17) is 11.6 Å². The third kappa shape index (κ3) is 1.98. The Labute approximate surface area is 89.1 Å². The van der Waals surface area contributed by atoms with Crippen molar-refractivity contribution in [3.63, 3.8) is 0 Å². The van der Waals surface area contributed by atoms with Crippen LogP contribution in [-0.4, -0.2) is 23.1 Å². The highest BCUT2D eigenvalue weighted by Crippen LogP contribution is 2.26. The van der Waals surface area contributed by atoms with Gasteiger partial charge >= 0.3 is 0 Å². The van der Waals surface area contributed by atoms with Crippen LogP contribution in [0.1, 0.15) is 19.8 Å². The van der Waals surface area contributed by atoms with Crippen LogP contribution in [0.25, 0.3) is 0 Å². The Morgan fingerprint density at radius 1 is 1.57 bits per heavy atom. The maximum atomic E-state index is 6.04. The number of aromatic nitrogens is 2. The molecule has 1 fully saturated rings. The predicted molar refractivity (Wildman–Crippen MR) is 57.7 cm³/mol. The fraction of sp³-hybridized carbons (Fsp3) is 0.600. The summed E-state index contributed by atoms with van der Waals surface area (Å²) in [5.41, 5.74) is 0. The molecule has 0 radical (unpaired) electrons. The summed E-state index contributed by atoms with van der Waals surface area (Å²) in [7, 11) is 0. The second-order valence-electron chi connectivity index (χ2n) is 3.89. The Bertz CT molecular complexity index is 316. The molecular formula is C10H14ClN3. The summed E-state index contributed by atoms with van der Waals surface area (Å²) in [4.78, 5) is 10.4. The van der Waals surface area contributed by atoms with Crippen molar-refractivity contribution in [1.82, 2.24) is 9.97 Å². The van der Waals surface area contributed by atoms with Gasteiger partial charge in [0.1, 0.15) is 11.3 Å². The maximum absolute atomic E-state index is 6.04. The average Bonchev–Trinajstić information content (AvgIpc) is 2.18. The van der Waals surface area contributed by atoms with E-state index in [-0.39, 0.29) is 0 Å². The predicted octanol–water partition coefficient (Wildman–Crippen LogP) is 2.37. The Balaban J connectivity index is 2.18. The van der Waals surface area contributed by atoms with Crippen LogP contribution in [0.3, 0.4) is 0 Å². The van der Waals surface area contributed by atoms with E-state index in [0.29, 0.717) is 5.02 Å². The average molecular weight is 212 g/mol. The summed E-state index contributed by atoms with van der Waals surface area (Å²) < 4.78 is 0. The summed E-state index contributed by atoms with van der Waals surface area (Å²) in [6.07, 6.45) is 5.74. The molecule has 1 aliphatic heterocycles. The number of rotatable bonds is 1. The van der Waals surface area contributed by atoms with Gasteiger partial charge in [-0.2, -0.15) is 0 Å². The maximum Gasteiger partial charge on any atom is 0.150 e. The molecule has 14 heavy (non-hydrogen) atoms. The lowest BCUT2D eigenvalue weighted by Gasteiger charge is -2.32. The number of hydrogen-bond acceptors (Lipinski definition) is 3. The van der Waals surface area contributed by atoms with E-state index in [1.54, 1.807) is 12.5 Å². The molecule has 0 aromatic carbocycles. The fourth-order valence-corrected chi connectivity index (χ4v) is 2.15. The number of halogens is 1. The van der Waals surface area contributed by atoms with Gasteiger partial charge in [-0.3, -0.25) is 0 Å². The van der Waals surface area contributed by atoms with Crippen molar-refractivity contribution in [3.8, 4) is 0 Å². The first-order valence-corrected chi connectivity index (χ1v) is 5.35. The van der Waals surface area contributed by atoms with Crippen molar-refractivity contribution < 1.29 is 0 Å². The molecule has 2 heterocycles. The Kier molecular flexibility index (Phi) is 2.87. The lowest BCUT2D eigenvalue weighted by Crippen LogP contribution is -2.35. The van der Waals surface area contributed by atoms with E-state index in [1.807, 2.05) is 0 Å². The monoisotopic (exact) mass is 211 g/mol. The summed E-state index contributed by atoms with van der Waals surface area (Å²) in [5.74, 6) is 1.61. The Morgan fingerprint density at radius 2 is 2.43 bits per heavy atom. The van der Waals surface area contributed by atoms with Gasteiger partial charge in [-0.25, -0.2) is 9.97 Å². The molecule has 4 heteroatoms. The second kappa shape index (κ2) is 4.13. The van der Waals surface area contributed by atoms with Gasteiger partial charge in [0.25, 0.3) is 0 Å². The molecule has 76 valence electrons. The van der Waals surface area contributed by atoms with E-state index in [9.17, 15) is 0 Å². The highest BCUT2D eigenvalue weighted by atomic mass is 35.5. The normalized spacial score (nSPS) is 22.4. The van der Waals surface area contributed by atoms with Crippen LogP contribution in [0.5, 0.6) is 0 Å². The molecule has 1 atom stereocenters. The smallest absolute Gasteiger partial charge is 0.150 e. The van der Waals surface area contributed by atoms with Crippen molar-refractivity contribution in [2.45, 2.75) is 19.8 Å². The zero-order valence-corrected chi connectivity index (χ0v) is 9.04. The number of anilines is 1. The van der Waals surface area contributed by atoms with Gasteiger partial charge in [-0.15, -0.1) is 0 Å². The van der Waals surface area contributed by atoms with Crippen LogP contribution in [0, 0.1) is 5.92 Å². The molecule has 1 aromatic rings. The van der Waals surface area contributed by atoms with Crippen LogP contribution in [0.15, 0.2) is 12.5 Å². The Hall–Kier alpha value is -0.830. The molecule has 0 amide bonds. The summed E-state index contributed by atoms with van der Waals surface area (Å²) in [6, 6.07) is 0. The van der Waals surface area contributed by atoms with Gasteiger partial charge in [0.2, 0.25) is 0 Å². The van der Waals surface area contributed by atoms with Crippen LogP contribution in [-0.2, 0) is 0 Å². The quantitative estimate of drug-likeness (QED) is 0.714. The zero-order chi connectivity index (χ0) is 9.97. The molecule has 0 saturated carbocycles. The molecule has 2 rings (SSSR count). The largest absolute Gasteiger partial charge is 0.355 e. The van der Waals surface area contributed by atoms with Crippen molar-refractivity contribution in [1.29, 1.82) is 0 Å². The number of hydrogen-bond donors (Lipinski definition) is 0. The molecule has 1 aliphatic rings. The van der Waals surface area contributed by atoms with Gasteiger partial charge in [0, 0.05) is 13.1 Å². The van der Waals surface area contributed by atoms with E-state index in [0.717, 1.165) is 24.8 Å². The second-order valence-corrected chi connectivity index (χ2v) is 4.29. The van der Waals surface area contributed by atoms with Gasteiger partial charge in [0.15, 0.2) is 5.82 Å². The van der Waals surface area contributed by atoms with E-state index in [2.05, 4.69) is 21.8 Å². The van der Waals surface area contributed by atoms with E-state index >= 15 is 0 Å². The molecule has 3 nitrogen and oxygen atoms in total. The molecular weight excluding hydrogens is 198 g/mol. The van der Waals surface area contributed by atoms with Crippen molar-refractivity contribution >= 4 is 17.4 Å². The SMILES string of the molecule is CC1CCCN(c2ncncc2Cl)C1. The third-order valence-electron chi connectivity index (χ3n) is 2.60. The zero-order valence-electron chi connectivity index (χ0n) is 8.28. The van der Waals surface area contributed by atoms with Crippen LogP contribution in [0.4, 0.5) is 5.82 Å². The first-order valence-electron chi connectivity index (χ1n) is 4.98. The van der Waals surface area contributed by atoms with Gasteiger partial charge < -0.3 is 4.90 Å². The molecule has 0 aliphatic carbocycles. The molecule has 0 N–H and O–H groups in total. The van der Waals surface area contributed by atoms with E-state index < -0.39 is 0 Å². The summed E-state index contributed by atoms with van der Waals surface area (Å²) >= 11 is 6.04. The standard InChI is InChI=1S/C10H14ClN3/c1-8-3-2-4-14(6-8)10-9(11)5-12-7-13-10/h5,7-8H,2-4,6H2,1H3. The number of nitrogens with zero attached hydrogens (tertiary/aromatic N) is 3. The molecule has 0 spiro atoms. The van der Waals surface area contributed by atoms with Crippen molar-refractivity contribution in [3.05, 3.63) is 17.5 Å². The van der Waals surface area contributed by atoms with Crippen LogP contribution < -0.4 is 4.90 Å². The topological polar surface area (TPSA) is 29.0 Å². The van der Waals surface area contributed by atoms with Crippen molar-refractivity contribution in [2.24, 2.45) is 5.92 Å². The molecule has 1 aromatic heterocycles. The van der Waals surface area contributed by atoms with Gasteiger partial charge in [-0.05, 0) is 18.8 Å². The molecule has 1 saturated heterocycles. The summed E-state index contributed by atoms with van der Waals surface area (Å²) in [6.45, 7) is 4.37. The fourth-order valence-electron chi connectivity index (χ4n) is 1.92. The minimum absolute atomic E-state index is 0.654. The first-order chi connectivity index (χ1) is 6.77. The van der Waals surface area contributed by atoms with Gasteiger partial charge in [-0.1, -0.05) is 18.5 Å². The van der Waals surface area contributed by atoms with Crippen LogP contribution in [0.2, 0.25) is 5.02 Å². The molecule has 0 bridgehead atoms. The van der Waals surface area contributed by atoms with Gasteiger partial charge in [0.05, 0.1) is 6.20 Å². The molecule has 1 unspecified atom stereocenters. The van der Waals surface area contributed by atoms with Crippen LogP contribution >= 0.6 is 11.6 Å². The highest BCUT2D eigenvalue weighted by molar-refractivity contribution is 6.32. The lowest BCUT2D eigenvalue weighted by atomic mass is 10.0.